The highest BCUT2D eigenvalue weighted by Crippen LogP contribution is 2.31. The standard InChI is InChI=1S/C12H15FN2O/c1-14-12(16)15-8-2-3-11(15)9-4-6-10(13)7-5-9/h4-7,11H,2-3,8H2,1H3,(H,14,16). The van der Waals surface area contributed by atoms with Crippen LogP contribution in [0.5, 0.6) is 0 Å². The van der Waals surface area contributed by atoms with Gasteiger partial charge >= 0.3 is 6.03 Å². The lowest BCUT2D eigenvalue weighted by atomic mass is 10.0. The minimum absolute atomic E-state index is 0.0631. The van der Waals surface area contributed by atoms with Crippen molar-refractivity contribution in [2.75, 3.05) is 13.6 Å². The van der Waals surface area contributed by atoms with Gasteiger partial charge in [0.1, 0.15) is 5.82 Å². The topological polar surface area (TPSA) is 32.3 Å². The molecule has 1 aromatic carbocycles. The minimum Gasteiger partial charge on any atom is -0.341 e. The number of hydrogen-bond donors (Lipinski definition) is 1. The highest BCUT2D eigenvalue weighted by molar-refractivity contribution is 5.74. The van der Waals surface area contributed by atoms with Crippen LogP contribution >= 0.6 is 0 Å². The Labute approximate surface area is 94.3 Å². The first-order valence-electron chi connectivity index (χ1n) is 5.46. The van der Waals surface area contributed by atoms with E-state index >= 15 is 0 Å². The van der Waals surface area contributed by atoms with Crippen LogP contribution in [0.2, 0.25) is 0 Å². The molecule has 2 amide bonds. The van der Waals surface area contributed by atoms with E-state index in [0.29, 0.717) is 0 Å². The first-order valence-corrected chi connectivity index (χ1v) is 5.46. The van der Waals surface area contributed by atoms with Gasteiger partial charge in [0.05, 0.1) is 6.04 Å². The molecule has 2 rings (SSSR count). The summed E-state index contributed by atoms with van der Waals surface area (Å²) in [5.74, 6) is -0.242. The molecule has 0 saturated carbocycles. The SMILES string of the molecule is CNC(=O)N1CCCC1c1ccc(F)cc1. The second kappa shape index (κ2) is 4.51. The Morgan fingerprint density at radius 1 is 1.44 bits per heavy atom. The van der Waals surface area contributed by atoms with E-state index in [1.165, 1.54) is 12.1 Å². The van der Waals surface area contributed by atoms with E-state index < -0.39 is 0 Å². The second-order valence-corrected chi connectivity index (χ2v) is 3.96. The van der Waals surface area contributed by atoms with Gasteiger partial charge in [-0.1, -0.05) is 12.1 Å². The normalized spacial score (nSPS) is 19.9. The zero-order chi connectivity index (χ0) is 11.5. The summed E-state index contributed by atoms with van der Waals surface area (Å²) >= 11 is 0. The van der Waals surface area contributed by atoms with E-state index in [-0.39, 0.29) is 17.9 Å². The van der Waals surface area contributed by atoms with E-state index in [1.54, 1.807) is 24.1 Å². The zero-order valence-corrected chi connectivity index (χ0v) is 9.24. The van der Waals surface area contributed by atoms with Crippen LogP contribution in [-0.2, 0) is 0 Å². The van der Waals surface area contributed by atoms with Gasteiger partial charge in [-0.05, 0) is 30.5 Å². The lowest BCUT2D eigenvalue weighted by Gasteiger charge is -2.24. The van der Waals surface area contributed by atoms with Gasteiger partial charge in [-0.25, -0.2) is 9.18 Å². The smallest absolute Gasteiger partial charge is 0.317 e. The summed E-state index contributed by atoms with van der Waals surface area (Å²) in [5, 5.41) is 2.63. The van der Waals surface area contributed by atoms with E-state index in [4.69, 9.17) is 0 Å². The fraction of sp³-hybridized carbons (Fsp3) is 0.417. The van der Waals surface area contributed by atoms with Gasteiger partial charge in [0.15, 0.2) is 0 Å². The van der Waals surface area contributed by atoms with Crippen molar-refractivity contribution in [1.82, 2.24) is 10.2 Å². The number of benzene rings is 1. The van der Waals surface area contributed by atoms with E-state index in [1.807, 2.05) is 0 Å². The number of carbonyl (C=O) groups is 1. The number of halogens is 1. The molecule has 1 aliphatic heterocycles. The molecule has 0 aromatic heterocycles. The van der Waals surface area contributed by atoms with Gasteiger partial charge in [-0.2, -0.15) is 0 Å². The van der Waals surface area contributed by atoms with Gasteiger partial charge in [0, 0.05) is 13.6 Å². The third-order valence-corrected chi connectivity index (χ3v) is 2.98. The molecular formula is C12H15FN2O. The zero-order valence-electron chi connectivity index (χ0n) is 9.24. The third kappa shape index (κ3) is 2.01. The van der Waals surface area contributed by atoms with E-state index in [9.17, 15) is 9.18 Å². The molecule has 16 heavy (non-hydrogen) atoms. The average molecular weight is 222 g/mol. The van der Waals surface area contributed by atoms with Gasteiger partial charge in [-0.15, -0.1) is 0 Å². The third-order valence-electron chi connectivity index (χ3n) is 2.98. The molecule has 1 fully saturated rings. The number of likely N-dealkylation sites (tertiary alicyclic amines) is 1. The van der Waals surface area contributed by atoms with E-state index in [0.717, 1.165) is 24.9 Å². The number of hydrogen-bond acceptors (Lipinski definition) is 1. The maximum atomic E-state index is 12.8. The molecule has 0 radical (unpaired) electrons. The Balaban J connectivity index is 2.19. The molecule has 3 nitrogen and oxygen atoms in total. The average Bonchev–Trinajstić information content (AvgIpc) is 2.78. The van der Waals surface area contributed by atoms with Crippen molar-refractivity contribution < 1.29 is 9.18 Å². The molecule has 0 spiro atoms. The lowest BCUT2D eigenvalue weighted by molar-refractivity contribution is 0.195. The van der Waals surface area contributed by atoms with E-state index in [2.05, 4.69) is 5.32 Å². The van der Waals surface area contributed by atoms with Crippen LogP contribution in [0.4, 0.5) is 9.18 Å². The summed E-state index contributed by atoms with van der Waals surface area (Å²) in [6.07, 6.45) is 1.94. The van der Waals surface area contributed by atoms with Crippen LogP contribution in [0.15, 0.2) is 24.3 Å². The lowest BCUT2D eigenvalue weighted by Crippen LogP contribution is -2.37. The number of nitrogens with zero attached hydrogens (tertiary/aromatic N) is 1. The van der Waals surface area contributed by atoms with Crippen LogP contribution in [0.3, 0.4) is 0 Å². The van der Waals surface area contributed by atoms with Crippen molar-refractivity contribution >= 4 is 6.03 Å². The Bertz CT molecular complexity index is 377. The molecule has 1 heterocycles. The fourth-order valence-corrected chi connectivity index (χ4v) is 2.18. The molecule has 1 aromatic rings. The molecule has 86 valence electrons. The predicted molar refractivity (Wildman–Crippen MR) is 59.5 cm³/mol. The van der Waals surface area contributed by atoms with Crippen molar-refractivity contribution in [2.45, 2.75) is 18.9 Å². The van der Waals surface area contributed by atoms with Crippen LogP contribution in [0.1, 0.15) is 24.4 Å². The van der Waals surface area contributed by atoms with Gasteiger partial charge in [0.2, 0.25) is 0 Å². The maximum Gasteiger partial charge on any atom is 0.317 e. The van der Waals surface area contributed by atoms with Crippen molar-refractivity contribution in [1.29, 1.82) is 0 Å². The molecule has 1 N–H and O–H groups in total. The van der Waals surface area contributed by atoms with Gasteiger partial charge in [-0.3, -0.25) is 0 Å². The minimum atomic E-state index is -0.242. The summed E-state index contributed by atoms with van der Waals surface area (Å²) in [4.78, 5) is 13.4. The number of carbonyl (C=O) groups excluding carboxylic acids is 1. The van der Waals surface area contributed by atoms with Crippen molar-refractivity contribution in [3.8, 4) is 0 Å². The molecule has 0 aliphatic carbocycles. The van der Waals surface area contributed by atoms with Gasteiger partial charge in [0.25, 0.3) is 0 Å². The summed E-state index contributed by atoms with van der Waals surface area (Å²) in [6, 6.07) is 6.40. The number of urea groups is 1. The summed E-state index contributed by atoms with van der Waals surface area (Å²) < 4.78 is 12.8. The van der Waals surface area contributed by atoms with Crippen molar-refractivity contribution in [3.63, 3.8) is 0 Å². The van der Waals surface area contributed by atoms with Crippen LogP contribution in [0, 0.1) is 5.82 Å². The molecular weight excluding hydrogens is 207 g/mol. The molecule has 1 saturated heterocycles. The maximum absolute atomic E-state index is 12.8. The van der Waals surface area contributed by atoms with Crippen LogP contribution in [-0.4, -0.2) is 24.5 Å². The number of amides is 2. The second-order valence-electron chi connectivity index (χ2n) is 3.96. The molecule has 1 atom stereocenters. The first-order chi connectivity index (χ1) is 7.72. The Kier molecular flexibility index (Phi) is 3.08. The Hall–Kier alpha value is -1.58. The Morgan fingerprint density at radius 2 is 2.12 bits per heavy atom. The van der Waals surface area contributed by atoms with Crippen molar-refractivity contribution in [2.24, 2.45) is 0 Å². The number of nitrogens with one attached hydrogen (secondary N) is 1. The fourth-order valence-electron chi connectivity index (χ4n) is 2.18. The predicted octanol–water partition coefficient (Wildman–Crippen LogP) is 2.30. The quantitative estimate of drug-likeness (QED) is 0.777. The summed E-state index contributed by atoms with van der Waals surface area (Å²) in [7, 11) is 1.63. The Morgan fingerprint density at radius 3 is 2.75 bits per heavy atom. The van der Waals surface area contributed by atoms with Gasteiger partial charge < -0.3 is 10.2 Å². The van der Waals surface area contributed by atoms with Crippen LogP contribution in [0.25, 0.3) is 0 Å². The molecule has 1 unspecified atom stereocenters. The summed E-state index contributed by atoms with van der Waals surface area (Å²) in [6.45, 7) is 0.766. The molecule has 0 bridgehead atoms. The monoisotopic (exact) mass is 222 g/mol. The van der Waals surface area contributed by atoms with Crippen molar-refractivity contribution in [3.05, 3.63) is 35.6 Å². The largest absolute Gasteiger partial charge is 0.341 e. The highest BCUT2D eigenvalue weighted by atomic mass is 19.1. The summed E-state index contributed by atoms with van der Waals surface area (Å²) in [5.41, 5.74) is 1.00. The van der Waals surface area contributed by atoms with Crippen LogP contribution < -0.4 is 5.32 Å². The first kappa shape index (κ1) is 10.9. The number of rotatable bonds is 1. The molecule has 1 aliphatic rings. The molecule has 4 heteroatoms. The highest BCUT2D eigenvalue weighted by Gasteiger charge is 2.29.